The Hall–Kier alpha value is -3.52. The molecule has 3 aliphatic rings. The quantitative estimate of drug-likeness (QED) is 0.453. The summed E-state index contributed by atoms with van der Waals surface area (Å²) >= 11 is 0. The van der Waals surface area contributed by atoms with Crippen molar-refractivity contribution in [3.05, 3.63) is 59.0 Å². The summed E-state index contributed by atoms with van der Waals surface area (Å²) in [6.07, 6.45) is 7.08. The van der Waals surface area contributed by atoms with Gasteiger partial charge < -0.3 is 14.5 Å². The smallest absolute Gasteiger partial charge is 0.219 e. The monoisotopic (exact) mass is 513 g/mol. The van der Waals surface area contributed by atoms with Crippen molar-refractivity contribution in [2.75, 3.05) is 31.2 Å². The zero-order chi connectivity index (χ0) is 26.2. The second kappa shape index (κ2) is 10.3. The van der Waals surface area contributed by atoms with Crippen molar-refractivity contribution in [1.29, 1.82) is 0 Å². The molecule has 0 N–H and O–H groups in total. The second-order valence-electron chi connectivity index (χ2n) is 10.5. The van der Waals surface area contributed by atoms with E-state index in [1.54, 1.807) is 13.1 Å². The number of amides is 1. The second-order valence-corrected chi connectivity index (χ2v) is 10.5. The van der Waals surface area contributed by atoms with Crippen molar-refractivity contribution in [2.45, 2.75) is 65.0 Å². The number of carbonyl (C=O) groups is 2. The zero-order valence-electron chi connectivity index (χ0n) is 22.3. The molecule has 1 amide bonds. The lowest BCUT2D eigenvalue weighted by Crippen LogP contribution is -2.36. The topological polar surface area (TPSA) is 80.6 Å². The van der Waals surface area contributed by atoms with Gasteiger partial charge in [0.25, 0.3) is 0 Å². The van der Waals surface area contributed by atoms with Gasteiger partial charge in [0.2, 0.25) is 5.91 Å². The minimum Gasteiger partial charge on any atom is -0.381 e. The highest BCUT2D eigenvalue weighted by molar-refractivity contribution is 5.94. The van der Waals surface area contributed by atoms with Crippen LogP contribution in [-0.4, -0.2) is 57.7 Å². The Bertz CT molecular complexity index is 1360. The molecule has 0 aliphatic carbocycles. The molecule has 1 fully saturated rings. The number of carbonyl (C=O) groups excluding carboxylic acids is 2. The molecule has 1 aromatic carbocycles. The third-order valence-corrected chi connectivity index (χ3v) is 8.20. The lowest BCUT2D eigenvalue weighted by Gasteiger charge is -2.33. The molecule has 0 unspecified atom stereocenters. The summed E-state index contributed by atoms with van der Waals surface area (Å²) in [5.74, 6) is 1.17. The molecule has 6 rings (SSSR count). The summed E-state index contributed by atoms with van der Waals surface area (Å²) in [6.45, 7) is 7.31. The summed E-state index contributed by atoms with van der Waals surface area (Å²) in [4.78, 5) is 33.0. The van der Waals surface area contributed by atoms with Gasteiger partial charge in [-0.1, -0.05) is 19.1 Å². The maximum atomic E-state index is 12.3. The lowest BCUT2D eigenvalue weighted by atomic mass is 9.96. The summed E-state index contributed by atoms with van der Waals surface area (Å²) in [5.41, 5.74) is 7.57. The van der Waals surface area contributed by atoms with Crippen LogP contribution >= 0.6 is 0 Å². The van der Waals surface area contributed by atoms with Crippen molar-refractivity contribution in [3.63, 3.8) is 0 Å². The Balaban J connectivity index is 1.36. The van der Waals surface area contributed by atoms with Gasteiger partial charge in [-0.15, -0.1) is 0 Å². The van der Waals surface area contributed by atoms with E-state index in [1.807, 2.05) is 24.0 Å². The summed E-state index contributed by atoms with van der Waals surface area (Å²) in [7, 11) is 0. The molecule has 0 bridgehead atoms. The van der Waals surface area contributed by atoms with Crippen LogP contribution in [0.15, 0.2) is 36.5 Å². The van der Waals surface area contributed by atoms with Gasteiger partial charge in [-0.3, -0.25) is 19.3 Å². The number of ether oxygens (including phenoxy) is 1. The van der Waals surface area contributed by atoms with Gasteiger partial charge in [-0.25, -0.2) is 0 Å². The van der Waals surface area contributed by atoms with E-state index < -0.39 is 0 Å². The molecular weight excluding hydrogens is 478 g/mol. The minimum atomic E-state index is 0.0597. The fourth-order valence-electron chi connectivity index (χ4n) is 6.05. The number of aryl methyl sites for hydroxylation is 1. The van der Waals surface area contributed by atoms with E-state index in [0.717, 1.165) is 75.4 Å². The zero-order valence-corrected chi connectivity index (χ0v) is 22.3. The highest BCUT2D eigenvalue weighted by Gasteiger charge is 2.33. The van der Waals surface area contributed by atoms with Crippen LogP contribution in [0.3, 0.4) is 0 Å². The number of aromatic nitrogens is 3. The first kappa shape index (κ1) is 24.8. The predicted molar refractivity (Wildman–Crippen MR) is 146 cm³/mol. The molecule has 0 radical (unpaired) electrons. The molecule has 0 atom stereocenters. The van der Waals surface area contributed by atoms with Crippen molar-refractivity contribution < 1.29 is 14.3 Å². The maximum Gasteiger partial charge on any atom is 0.219 e. The highest BCUT2D eigenvalue weighted by atomic mass is 16.5. The average Bonchev–Trinajstić information content (AvgIpc) is 3.35. The van der Waals surface area contributed by atoms with Crippen molar-refractivity contribution >= 4 is 23.2 Å². The molecule has 38 heavy (non-hydrogen) atoms. The molecular formula is C30H35N5O3. The SMILES string of the molecule is CCC(=O)c1ccc(-c2ccc3c(c2)CCCN3c2nn(C3CCOCC3)c3c2CN(C(C)=O)CC3)cn1. The van der Waals surface area contributed by atoms with Gasteiger partial charge in [0.15, 0.2) is 11.6 Å². The molecule has 8 heteroatoms. The van der Waals surface area contributed by atoms with E-state index in [-0.39, 0.29) is 11.7 Å². The van der Waals surface area contributed by atoms with Crippen molar-refractivity contribution in [2.24, 2.45) is 0 Å². The number of anilines is 2. The Morgan fingerprint density at radius 2 is 1.87 bits per heavy atom. The molecule has 198 valence electrons. The normalized spacial score (nSPS) is 17.7. The third-order valence-electron chi connectivity index (χ3n) is 8.20. The fraction of sp³-hybridized carbons (Fsp3) is 0.467. The Morgan fingerprint density at radius 1 is 1.05 bits per heavy atom. The lowest BCUT2D eigenvalue weighted by molar-refractivity contribution is -0.129. The standard InChI is InChI=1S/C30H35N5O3/c1-3-29(37)26-8-6-23(18-31-26)21-7-9-27-22(17-21)5-4-13-34(27)30-25-19-33(20(2)36)14-10-28(25)35(32-30)24-11-15-38-16-12-24/h6-9,17-18,24H,3-5,10-16,19H2,1-2H3. The van der Waals surface area contributed by atoms with Gasteiger partial charge in [0.1, 0.15) is 5.69 Å². The first-order valence-corrected chi connectivity index (χ1v) is 13.9. The number of fused-ring (bicyclic) bond motifs is 2. The van der Waals surface area contributed by atoms with Gasteiger partial charge in [-0.2, -0.15) is 5.10 Å². The molecule has 3 aromatic rings. The van der Waals surface area contributed by atoms with E-state index in [1.165, 1.54) is 22.5 Å². The van der Waals surface area contributed by atoms with Crippen LogP contribution in [-0.2, 0) is 28.9 Å². The number of hydrogen-bond acceptors (Lipinski definition) is 6. The maximum absolute atomic E-state index is 12.3. The number of hydrogen-bond donors (Lipinski definition) is 0. The Morgan fingerprint density at radius 3 is 2.61 bits per heavy atom. The van der Waals surface area contributed by atoms with Crippen LogP contribution in [0, 0.1) is 0 Å². The van der Waals surface area contributed by atoms with E-state index in [0.29, 0.717) is 24.7 Å². The highest BCUT2D eigenvalue weighted by Crippen LogP contribution is 2.40. The van der Waals surface area contributed by atoms with Crippen molar-refractivity contribution in [1.82, 2.24) is 19.7 Å². The molecule has 0 saturated carbocycles. The largest absolute Gasteiger partial charge is 0.381 e. The number of benzene rings is 1. The van der Waals surface area contributed by atoms with Crippen LogP contribution in [0.25, 0.3) is 11.1 Å². The van der Waals surface area contributed by atoms with Crippen molar-refractivity contribution in [3.8, 4) is 11.1 Å². The molecule has 2 aromatic heterocycles. The predicted octanol–water partition coefficient (Wildman–Crippen LogP) is 4.88. The van der Waals surface area contributed by atoms with Crippen LogP contribution < -0.4 is 4.90 Å². The van der Waals surface area contributed by atoms with E-state index in [4.69, 9.17) is 9.84 Å². The van der Waals surface area contributed by atoms with Crippen LogP contribution in [0.4, 0.5) is 11.5 Å². The van der Waals surface area contributed by atoms with Gasteiger partial charge >= 0.3 is 0 Å². The number of nitrogens with zero attached hydrogens (tertiary/aromatic N) is 5. The Labute approximate surface area is 223 Å². The Kier molecular flexibility index (Phi) is 6.74. The van der Waals surface area contributed by atoms with Gasteiger partial charge in [0, 0.05) is 74.8 Å². The van der Waals surface area contributed by atoms with Crippen LogP contribution in [0.2, 0.25) is 0 Å². The van der Waals surface area contributed by atoms with E-state index in [9.17, 15) is 9.59 Å². The summed E-state index contributed by atoms with van der Waals surface area (Å²) < 4.78 is 7.89. The minimum absolute atomic E-state index is 0.0597. The summed E-state index contributed by atoms with van der Waals surface area (Å²) in [6, 6.07) is 10.7. The molecule has 8 nitrogen and oxygen atoms in total. The number of pyridine rings is 1. The van der Waals surface area contributed by atoms with Gasteiger partial charge in [0.05, 0.1) is 12.6 Å². The van der Waals surface area contributed by atoms with Crippen LogP contribution in [0.1, 0.15) is 72.9 Å². The number of ketones is 1. The van der Waals surface area contributed by atoms with Crippen LogP contribution in [0.5, 0.6) is 0 Å². The number of rotatable bonds is 5. The number of Topliss-reactive ketones (excluding diaryl/α,β-unsaturated/α-hetero) is 1. The molecule has 5 heterocycles. The van der Waals surface area contributed by atoms with Gasteiger partial charge in [-0.05, 0) is 55.0 Å². The first-order chi connectivity index (χ1) is 18.5. The van der Waals surface area contributed by atoms with E-state index >= 15 is 0 Å². The molecule has 0 spiro atoms. The average molecular weight is 514 g/mol. The molecule has 1 saturated heterocycles. The first-order valence-electron chi connectivity index (χ1n) is 13.9. The third kappa shape index (κ3) is 4.51. The fourth-order valence-corrected chi connectivity index (χ4v) is 6.05. The molecule has 3 aliphatic heterocycles. The summed E-state index contributed by atoms with van der Waals surface area (Å²) in [5, 5.41) is 5.25. The van der Waals surface area contributed by atoms with E-state index in [2.05, 4.69) is 32.8 Å².